The van der Waals surface area contributed by atoms with E-state index in [1.807, 2.05) is 0 Å². The fraction of sp³-hybridized carbons (Fsp3) is 0.227. The van der Waals surface area contributed by atoms with E-state index in [4.69, 9.17) is 5.11 Å². The van der Waals surface area contributed by atoms with Crippen LogP contribution in [0.1, 0.15) is 36.1 Å². The highest BCUT2D eigenvalue weighted by Gasteiger charge is 2.30. The van der Waals surface area contributed by atoms with E-state index in [0.29, 0.717) is 11.1 Å². The predicted octanol–water partition coefficient (Wildman–Crippen LogP) is 6.41. The third-order valence-electron chi connectivity index (χ3n) is 3.55. The molecule has 0 aliphatic rings. The molecule has 2 nitrogen and oxygen atoms in total. The zero-order valence-corrected chi connectivity index (χ0v) is 16.1. The van der Waals surface area contributed by atoms with E-state index in [0.717, 1.165) is 24.3 Å². The molecule has 0 aliphatic heterocycles. The lowest BCUT2D eigenvalue weighted by atomic mass is 10.1. The number of carbonyl (C=O) groups is 1. The van der Waals surface area contributed by atoms with E-state index in [9.17, 15) is 31.1 Å². The van der Waals surface area contributed by atoms with E-state index in [-0.39, 0.29) is 5.78 Å². The molecule has 2 aromatic carbocycles. The summed E-state index contributed by atoms with van der Waals surface area (Å²) in [5, 5.41) is 8.93. The SMILES string of the molecule is CC(=O)/C=C/c1ccc(C(F)(F)F)cc1.C[C@H](O)/C=C/c1ccc(C(F)(F)F)cc1. The Morgan fingerprint density at radius 1 is 0.800 bits per heavy atom. The summed E-state index contributed by atoms with van der Waals surface area (Å²) in [6.07, 6.45) is -3.36. The number of alkyl halides is 6. The van der Waals surface area contributed by atoms with E-state index in [1.54, 1.807) is 13.0 Å². The van der Waals surface area contributed by atoms with Crippen LogP contribution in [0, 0.1) is 0 Å². The maximum atomic E-state index is 12.2. The number of benzene rings is 2. The van der Waals surface area contributed by atoms with Crippen molar-refractivity contribution in [3.63, 3.8) is 0 Å². The number of carbonyl (C=O) groups excluding carboxylic acids is 1. The lowest BCUT2D eigenvalue weighted by Gasteiger charge is -2.05. The number of aliphatic hydroxyl groups is 1. The molecule has 0 aliphatic carbocycles. The first-order valence-electron chi connectivity index (χ1n) is 8.68. The molecule has 0 spiro atoms. The van der Waals surface area contributed by atoms with Crippen molar-refractivity contribution < 1.29 is 36.2 Å². The Morgan fingerprint density at radius 2 is 1.17 bits per heavy atom. The van der Waals surface area contributed by atoms with Crippen LogP contribution >= 0.6 is 0 Å². The number of rotatable bonds is 4. The first kappa shape index (κ1) is 25.2. The standard InChI is InChI=1S/C11H11F3O.C11H9F3O/c2*1-8(15)2-3-9-4-6-10(7-5-9)11(12,13)14/h2-8,15H,1H3;2-7H,1H3/b2*3-2+/t8-;/m0./s1. The van der Waals surface area contributed by atoms with E-state index >= 15 is 0 Å². The quantitative estimate of drug-likeness (QED) is 0.450. The summed E-state index contributed by atoms with van der Waals surface area (Å²) >= 11 is 0. The fourth-order valence-corrected chi connectivity index (χ4v) is 2.03. The molecule has 0 aromatic heterocycles. The Kier molecular flexibility index (Phi) is 9.04. The van der Waals surface area contributed by atoms with Crippen LogP contribution in [0.2, 0.25) is 0 Å². The molecule has 1 atom stereocenters. The Hall–Kier alpha value is -2.87. The van der Waals surface area contributed by atoms with Crippen molar-refractivity contribution >= 4 is 17.9 Å². The maximum Gasteiger partial charge on any atom is 0.416 e. The van der Waals surface area contributed by atoms with Crippen molar-refractivity contribution in [2.45, 2.75) is 32.3 Å². The summed E-state index contributed by atoms with van der Waals surface area (Å²) in [6.45, 7) is 2.95. The Bertz CT molecular complexity index is 858. The van der Waals surface area contributed by atoms with Gasteiger partial charge in [-0.25, -0.2) is 0 Å². The molecular weight excluding hydrogens is 410 g/mol. The van der Waals surface area contributed by atoms with Crippen molar-refractivity contribution in [1.29, 1.82) is 0 Å². The monoisotopic (exact) mass is 430 g/mol. The van der Waals surface area contributed by atoms with Gasteiger partial charge in [0.2, 0.25) is 0 Å². The number of aliphatic hydroxyl groups excluding tert-OH is 1. The normalized spacial score (nSPS) is 13.2. The average Bonchev–Trinajstić information content (AvgIpc) is 2.64. The highest BCUT2D eigenvalue weighted by atomic mass is 19.4. The van der Waals surface area contributed by atoms with Gasteiger partial charge in [0.25, 0.3) is 0 Å². The summed E-state index contributed by atoms with van der Waals surface area (Å²) in [5.74, 6) is -0.144. The molecule has 8 heteroatoms. The molecule has 30 heavy (non-hydrogen) atoms. The fourth-order valence-electron chi connectivity index (χ4n) is 2.03. The number of hydrogen-bond donors (Lipinski definition) is 1. The van der Waals surface area contributed by atoms with Crippen molar-refractivity contribution in [3.05, 3.63) is 82.9 Å². The van der Waals surface area contributed by atoms with Crippen LogP contribution < -0.4 is 0 Å². The summed E-state index contributed by atoms with van der Waals surface area (Å²) in [5.41, 5.74) is -0.165. The number of hydrogen-bond acceptors (Lipinski definition) is 2. The summed E-state index contributed by atoms with van der Waals surface area (Å²) in [6, 6.07) is 9.37. The Labute approximate surface area is 170 Å². The highest BCUT2D eigenvalue weighted by molar-refractivity contribution is 5.91. The molecule has 0 heterocycles. The second-order valence-corrected chi connectivity index (χ2v) is 6.28. The van der Waals surface area contributed by atoms with Crippen LogP contribution in [0.3, 0.4) is 0 Å². The Balaban J connectivity index is 0.000000300. The molecule has 0 bridgehead atoms. The second kappa shape index (κ2) is 10.8. The molecule has 0 fully saturated rings. The van der Waals surface area contributed by atoms with Gasteiger partial charge in [-0.1, -0.05) is 42.5 Å². The molecule has 0 radical (unpaired) electrons. The van der Waals surface area contributed by atoms with Crippen molar-refractivity contribution in [2.75, 3.05) is 0 Å². The molecular formula is C22H20F6O2. The molecule has 1 N–H and O–H groups in total. The summed E-state index contributed by atoms with van der Waals surface area (Å²) < 4.78 is 73.0. The van der Waals surface area contributed by atoms with Crippen molar-refractivity contribution in [3.8, 4) is 0 Å². The smallest absolute Gasteiger partial charge is 0.389 e. The summed E-state index contributed by atoms with van der Waals surface area (Å²) in [4.78, 5) is 10.6. The highest BCUT2D eigenvalue weighted by Crippen LogP contribution is 2.30. The molecule has 0 unspecified atom stereocenters. The molecule has 162 valence electrons. The average molecular weight is 430 g/mol. The third-order valence-corrected chi connectivity index (χ3v) is 3.55. The number of allylic oxidation sites excluding steroid dienone is 1. The van der Waals surface area contributed by atoms with Crippen LogP contribution in [0.25, 0.3) is 12.2 Å². The molecule has 0 saturated carbocycles. The topological polar surface area (TPSA) is 37.3 Å². The van der Waals surface area contributed by atoms with E-state index in [2.05, 4.69) is 0 Å². The largest absolute Gasteiger partial charge is 0.416 e. The minimum atomic E-state index is -4.32. The minimum absolute atomic E-state index is 0.144. The first-order chi connectivity index (χ1) is 13.8. The van der Waals surface area contributed by atoms with E-state index in [1.165, 1.54) is 49.4 Å². The van der Waals surface area contributed by atoms with Gasteiger partial charge < -0.3 is 5.11 Å². The van der Waals surface area contributed by atoms with Gasteiger partial charge in [0.15, 0.2) is 5.78 Å². The predicted molar refractivity (Wildman–Crippen MR) is 103 cm³/mol. The summed E-state index contributed by atoms with van der Waals surface area (Å²) in [7, 11) is 0. The van der Waals surface area contributed by atoms with Crippen LogP contribution in [0.4, 0.5) is 26.3 Å². The van der Waals surface area contributed by atoms with Crippen molar-refractivity contribution in [2.24, 2.45) is 0 Å². The number of ketones is 1. The van der Waals surface area contributed by atoms with E-state index < -0.39 is 29.6 Å². The van der Waals surface area contributed by atoms with Crippen LogP contribution in [0.5, 0.6) is 0 Å². The van der Waals surface area contributed by atoms with Crippen LogP contribution in [-0.2, 0) is 17.1 Å². The lowest BCUT2D eigenvalue weighted by molar-refractivity contribution is -0.138. The van der Waals surface area contributed by atoms with Crippen LogP contribution in [-0.4, -0.2) is 17.0 Å². The maximum absolute atomic E-state index is 12.2. The number of halogens is 6. The van der Waals surface area contributed by atoms with Gasteiger partial charge in [-0.15, -0.1) is 0 Å². The minimum Gasteiger partial charge on any atom is -0.389 e. The lowest BCUT2D eigenvalue weighted by Crippen LogP contribution is -2.04. The van der Waals surface area contributed by atoms with Gasteiger partial charge in [-0.3, -0.25) is 4.79 Å². The molecule has 2 rings (SSSR count). The molecule has 0 amide bonds. The zero-order valence-electron chi connectivity index (χ0n) is 16.1. The van der Waals surface area contributed by atoms with Gasteiger partial charge >= 0.3 is 12.4 Å². The van der Waals surface area contributed by atoms with Gasteiger partial charge in [-0.2, -0.15) is 26.3 Å². The Morgan fingerprint density at radius 3 is 1.47 bits per heavy atom. The van der Waals surface area contributed by atoms with Crippen molar-refractivity contribution in [1.82, 2.24) is 0 Å². The van der Waals surface area contributed by atoms with Gasteiger partial charge in [-0.05, 0) is 55.3 Å². The third kappa shape index (κ3) is 9.56. The molecule has 2 aromatic rings. The van der Waals surface area contributed by atoms with Crippen LogP contribution in [0.15, 0.2) is 60.7 Å². The second-order valence-electron chi connectivity index (χ2n) is 6.28. The van der Waals surface area contributed by atoms with Gasteiger partial charge in [0.05, 0.1) is 17.2 Å². The van der Waals surface area contributed by atoms with Gasteiger partial charge in [0, 0.05) is 0 Å². The first-order valence-corrected chi connectivity index (χ1v) is 8.68. The molecule has 0 saturated heterocycles. The zero-order chi connectivity index (χ0) is 22.9. The van der Waals surface area contributed by atoms with Gasteiger partial charge in [0.1, 0.15) is 0 Å².